The van der Waals surface area contributed by atoms with Gasteiger partial charge in [0.05, 0.1) is 11.0 Å². The van der Waals surface area contributed by atoms with E-state index >= 15 is 0 Å². The molecule has 5 heteroatoms. The second-order valence-corrected chi connectivity index (χ2v) is 6.38. The van der Waals surface area contributed by atoms with Crippen LogP contribution in [-0.4, -0.2) is 9.55 Å². The number of nitrogens with two attached hydrogens (primary N) is 1. The van der Waals surface area contributed by atoms with Crippen molar-refractivity contribution in [1.82, 2.24) is 9.55 Å². The summed E-state index contributed by atoms with van der Waals surface area (Å²) in [6.45, 7) is 2.96. The summed E-state index contributed by atoms with van der Waals surface area (Å²) in [5.41, 5.74) is 9.91. The minimum absolute atomic E-state index is 0.725. The highest BCUT2D eigenvalue weighted by molar-refractivity contribution is 9.10. The number of benzene rings is 2. The van der Waals surface area contributed by atoms with E-state index in [1.54, 1.807) is 0 Å². The van der Waals surface area contributed by atoms with Gasteiger partial charge in [0.2, 0.25) is 0 Å². The predicted octanol–water partition coefficient (Wildman–Crippen LogP) is 4.83. The van der Waals surface area contributed by atoms with E-state index in [1.165, 1.54) is 0 Å². The maximum absolute atomic E-state index is 6.14. The quantitative estimate of drug-likeness (QED) is 0.632. The zero-order chi connectivity index (χ0) is 14.3. The van der Waals surface area contributed by atoms with E-state index in [1.807, 2.05) is 30.3 Å². The fraction of sp³-hybridized carbons (Fsp3) is 0.133. The molecule has 0 aliphatic heterocycles. The van der Waals surface area contributed by atoms with E-state index in [0.717, 1.165) is 43.6 Å². The molecule has 0 unspecified atom stereocenters. The number of aromatic nitrogens is 2. The molecule has 2 aromatic carbocycles. The highest BCUT2D eigenvalue weighted by Crippen LogP contribution is 2.31. The third-order valence-electron chi connectivity index (χ3n) is 3.28. The van der Waals surface area contributed by atoms with Crippen LogP contribution in [-0.2, 0) is 6.54 Å². The SMILES string of the molecule is CCn1c(-c2ccc(Br)cc2N)nc2cc(Br)ccc21. The zero-order valence-electron chi connectivity index (χ0n) is 10.9. The summed E-state index contributed by atoms with van der Waals surface area (Å²) < 4.78 is 4.18. The summed E-state index contributed by atoms with van der Waals surface area (Å²) in [5.74, 6) is 0.908. The summed E-state index contributed by atoms with van der Waals surface area (Å²) in [6, 6.07) is 12.0. The van der Waals surface area contributed by atoms with Gasteiger partial charge in [0.25, 0.3) is 0 Å². The molecule has 20 heavy (non-hydrogen) atoms. The zero-order valence-corrected chi connectivity index (χ0v) is 14.1. The smallest absolute Gasteiger partial charge is 0.143 e. The first-order valence-corrected chi connectivity index (χ1v) is 7.90. The molecule has 1 heterocycles. The van der Waals surface area contributed by atoms with Crippen molar-refractivity contribution < 1.29 is 0 Å². The number of hydrogen-bond acceptors (Lipinski definition) is 2. The van der Waals surface area contributed by atoms with Crippen LogP contribution in [0, 0.1) is 0 Å². The van der Waals surface area contributed by atoms with Gasteiger partial charge in [-0.2, -0.15) is 0 Å². The molecule has 3 nitrogen and oxygen atoms in total. The van der Waals surface area contributed by atoms with Crippen molar-refractivity contribution in [1.29, 1.82) is 0 Å². The summed E-state index contributed by atoms with van der Waals surface area (Å²) in [7, 11) is 0. The van der Waals surface area contributed by atoms with E-state index in [9.17, 15) is 0 Å². The van der Waals surface area contributed by atoms with Crippen LogP contribution in [0.1, 0.15) is 6.92 Å². The molecular weight excluding hydrogens is 382 g/mol. The van der Waals surface area contributed by atoms with Crippen LogP contribution >= 0.6 is 31.9 Å². The Hall–Kier alpha value is -1.33. The van der Waals surface area contributed by atoms with Crippen molar-refractivity contribution in [3.63, 3.8) is 0 Å². The van der Waals surface area contributed by atoms with Crippen LogP contribution in [0.15, 0.2) is 45.3 Å². The Morgan fingerprint density at radius 1 is 1.10 bits per heavy atom. The molecule has 0 aliphatic carbocycles. The first-order valence-electron chi connectivity index (χ1n) is 6.31. The lowest BCUT2D eigenvalue weighted by Gasteiger charge is -2.08. The average Bonchev–Trinajstić information content (AvgIpc) is 2.75. The molecule has 0 atom stereocenters. The van der Waals surface area contributed by atoms with Gasteiger partial charge in [0, 0.05) is 26.7 Å². The second kappa shape index (κ2) is 5.22. The van der Waals surface area contributed by atoms with E-state index < -0.39 is 0 Å². The van der Waals surface area contributed by atoms with Gasteiger partial charge in [0.15, 0.2) is 0 Å². The molecule has 0 amide bonds. The molecule has 0 saturated carbocycles. The Morgan fingerprint density at radius 3 is 2.50 bits per heavy atom. The fourth-order valence-corrected chi connectivity index (χ4v) is 3.09. The van der Waals surface area contributed by atoms with Gasteiger partial charge >= 0.3 is 0 Å². The molecule has 0 spiro atoms. The molecular formula is C15H13Br2N3. The Balaban J connectivity index is 2.30. The summed E-state index contributed by atoms with van der Waals surface area (Å²) in [4.78, 5) is 4.74. The van der Waals surface area contributed by atoms with Crippen molar-refractivity contribution in [2.45, 2.75) is 13.5 Å². The predicted molar refractivity (Wildman–Crippen MR) is 90.7 cm³/mol. The minimum Gasteiger partial charge on any atom is -0.398 e. The number of fused-ring (bicyclic) bond motifs is 1. The van der Waals surface area contributed by atoms with Gasteiger partial charge < -0.3 is 10.3 Å². The van der Waals surface area contributed by atoms with Crippen LogP contribution < -0.4 is 5.73 Å². The number of aryl methyl sites for hydroxylation is 1. The topological polar surface area (TPSA) is 43.8 Å². The molecule has 102 valence electrons. The minimum atomic E-state index is 0.725. The molecule has 3 aromatic rings. The van der Waals surface area contributed by atoms with Crippen LogP contribution in [0.3, 0.4) is 0 Å². The normalized spacial score (nSPS) is 11.2. The maximum Gasteiger partial charge on any atom is 0.143 e. The van der Waals surface area contributed by atoms with Crippen molar-refractivity contribution in [2.75, 3.05) is 5.73 Å². The summed E-state index contributed by atoms with van der Waals surface area (Å²) >= 11 is 6.92. The largest absolute Gasteiger partial charge is 0.398 e. The van der Waals surface area contributed by atoms with E-state index in [2.05, 4.69) is 49.4 Å². The number of imidazole rings is 1. The number of anilines is 1. The first kappa shape index (κ1) is 13.6. The molecule has 2 N–H and O–H groups in total. The molecule has 0 bridgehead atoms. The molecule has 0 saturated heterocycles. The van der Waals surface area contributed by atoms with Crippen LogP contribution in [0.2, 0.25) is 0 Å². The van der Waals surface area contributed by atoms with Gasteiger partial charge in [-0.25, -0.2) is 4.98 Å². The third-order valence-corrected chi connectivity index (χ3v) is 4.27. The summed E-state index contributed by atoms with van der Waals surface area (Å²) in [5, 5.41) is 0. The fourth-order valence-electron chi connectivity index (χ4n) is 2.37. The Bertz CT molecular complexity index is 793. The van der Waals surface area contributed by atoms with E-state index in [4.69, 9.17) is 10.7 Å². The van der Waals surface area contributed by atoms with Crippen LogP contribution in [0.25, 0.3) is 22.4 Å². The highest BCUT2D eigenvalue weighted by Gasteiger charge is 2.14. The van der Waals surface area contributed by atoms with Gasteiger partial charge in [0.1, 0.15) is 5.82 Å². The summed E-state index contributed by atoms with van der Waals surface area (Å²) in [6.07, 6.45) is 0. The lowest BCUT2D eigenvalue weighted by Crippen LogP contribution is -2.00. The van der Waals surface area contributed by atoms with Gasteiger partial charge in [-0.05, 0) is 43.3 Å². The Kier molecular flexibility index (Phi) is 3.56. The second-order valence-electron chi connectivity index (χ2n) is 4.54. The number of nitrogens with zero attached hydrogens (tertiary/aromatic N) is 2. The maximum atomic E-state index is 6.14. The number of hydrogen-bond donors (Lipinski definition) is 1. The van der Waals surface area contributed by atoms with Gasteiger partial charge in [-0.1, -0.05) is 31.9 Å². The third kappa shape index (κ3) is 2.25. The van der Waals surface area contributed by atoms with E-state index in [0.29, 0.717) is 0 Å². The van der Waals surface area contributed by atoms with Crippen LogP contribution in [0.5, 0.6) is 0 Å². The molecule has 0 radical (unpaired) electrons. The highest BCUT2D eigenvalue weighted by atomic mass is 79.9. The number of halogens is 2. The monoisotopic (exact) mass is 393 g/mol. The molecule has 1 aromatic heterocycles. The lowest BCUT2D eigenvalue weighted by atomic mass is 10.1. The Morgan fingerprint density at radius 2 is 1.80 bits per heavy atom. The van der Waals surface area contributed by atoms with Crippen molar-refractivity contribution in [3.05, 3.63) is 45.3 Å². The number of rotatable bonds is 2. The van der Waals surface area contributed by atoms with Gasteiger partial charge in [-0.3, -0.25) is 0 Å². The first-order chi connectivity index (χ1) is 9.60. The van der Waals surface area contributed by atoms with Crippen molar-refractivity contribution in [2.24, 2.45) is 0 Å². The molecule has 3 rings (SSSR count). The van der Waals surface area contributed by atoms with Gasteiger partial charge in [-0.15, -0.1) is 0 Å². The number of nitrogen functional groups attached to an aromatic ring is 1. The lowest BCUT2D eigenvalue weighted by molar-refractivity contribution is 0.796. The standard InChI is InChI=1S/C15H13Br2N3/c1-2-20-14-6-4-10(17)8-13(14)19-15(20)11-5-3-9(16)7-12(11)18/h3-8H,2,18H2,1H3. The van der Waals surface area contributed by atoms with Crippen LogP contribution in [0.4, 0.5) is 5.69 Å². The Labute approximate surface area is 134 Å². The average molecular weight is 395 g/mol. The molecule has 0 fully saturated rings. The molecule has 0 aliphatic rings. The van der Waals surface area contributed by atoms with Crippen molar-refractivity contribution in [3.8, 4) is 11.4 Å². The van der Waals surface area contributed by atoms with E-state index in [-0.39, 0.29) is 0 Å². The van der Waals surface area contributed by atoms with Crippen molar-refractivity contribution >= 4 is 48.6 Å².